The van der Waals surface area contributed by atoms with E-state index in [9.17, 15) is 0 Å². The maximum atomic E-state index is 5.35. The highest BCUT2D eigenvalue weighted by molar-refractivity contribution is 7.60. The van der Waals surface area contributed by atoms with Gasteiger partial charge >= 0.3 is 0 Å². The molecule has 2 saturated heterocycles. The summed E-state index contributed by atoms with van der Waals surface area (Å²) in [6.45, 7) is 9.05. The molecule has 4 fully saturated rings. The monoisotopic (exact) mass is 364 g/mol. The molecule has 144 valence electrons. The average Bonchev–Trinajstić information content (AvgIpc) is 2.92. The van der Waals surface area contributed by atoms with E-state index in [0.29, 0.717) is 13.3 Å². The van der Waals surface area contributed by atoms with Crippen LogP contribution in [0.15, 0.2) is 0 Å². The highest BCUT2D eigenvalue weighted by Gasteiger charge is 2.60. The Balaban J connectivity index is 1.54. The largest absolute Gasteiger partial charge is 0.385 e. The van der Waals surface area contributed by atoms with Crippen molar-refractivity contribution < 1.29 is 4.74 Å². The normalized spacial score (nSPS) is 52.3. The van der Waals surface area contributed by atoms with Crippen molar-refractivity contribution in [3.05, 3.63) is 0 Å². The van der Waals surface area contributed by atoms with Crippen LogP contribution >= 0.6 is 7.92 Å². The van der Waals surface area contributed by atoms with E-state index in [2.05, 4.69) is 20.8 Å². The smallest absolute Gasteiger partial charge is 0.0462 e. The molecule has 2 heterocycles. The number of rotatable bonds is 4. The minimum absolute atomic E-state index is 0.293. The van der Waals surface area contributed by atoms with Crippen LogP contribution in [0.5, 0.6) is 0 Å². The average molecular weight is 365 g/mol. The van der Waals surface area contributed by atoms with Gasteiger partial charge in [-0.25, -0.2) is 0 Å². The lowest BCUT2D eigenvalue weighted by Crippen LogP contribution is -2.54. The number of hydrogen-bond acceptors (Lipinski definition) is 1. The van der Waals surface area contributed by atoms with Crippen LogP contribution in [0.4, 0.5) is 0 Å². The summed E-state index contributed by atoms with van der Waals surface area (Å²) >= 11 is 0. The lowest BCUT2D eigenvalue weighted by molar-refractivity contribution is -0.0156. The SMILES string of the molecule is COCCCC1CCC2C3C[C@H](C)P4CCCCC4(C)[C@H]3CCC12C. The summed E-state index contributed by atoms with van der Waals surface area (Å²) in [5, 5.41) is 0.741. The summed E-state index contributed by atoms with van der Waals surface area (Å²) in [6, 6.07) is 0. The topological polar surface area (TPSA) is 9.23 Å². The zero-order valence-electron chi connectivity index (χ0n) is 17.2. The summed E-state index contributed by atoms with van der Waals surface area (Å²) in [4.78, 5) is 0. The molecule has 0 aromatic rings. The van der Waals surface area contributed by atoms with E-state index in [1.807, 2.05) is 7.11 Å². The Kier molecular flexibility index (Phi) is 5.31. The quantitative estimate of drug-likeness (QED) is 0.399. The first-order valence-electron chi connectivity index (χ1n) is 11.3. The fourth-order valence-corrected chi connectivity index (χ4v) is 12.5. The van der Waals surface area contributed by atoms with E-state index in [4.69, 9.17) is 4.74 Å². The predicted molar refractivity (Wildman–Crippen MR) is 110 cm³/mol. The van der Waals surface area contributed by atoms with Crippen molar-refractivity contribution >= 4 is 7.92 Å². The van der Waals surface area contributed by atoms with E-state index >= 15 is 0 Å². The molecular weight excluding hydrogens is 323 g/mol. The molecule has 4 rings (SSSR count). The van der Waals surface area contributed by atoms with E-state index in [1.54, 1.807) is 25.4 Å². The summed E-state index contributed by atoms with van der Waals surface area (Å²) in [5.41, 5.74) is 1.69. The Labute approximate surface area is 157 Å². The third kappa shape index (κ3) is 2.95. The first-order valence-corrected chi connectivity index (χ1v) is 12.9. The zero-order valence-corrected chi connectivity index (χ0v) is 18.1. The molecule has 2 heteroatoms. The number of methoxy groups -OCH3 is 1. The Morgan fingerprint density at radius 2 is 1.88 bits per heavy atom. The zero-order chi connectivity index (χ0) is 17.7. The van der Waals surface area contributed by atoms with Crippen molar-refractivity contribution in [3.8, 4) is 0 Å². The van der Waals surface area contributed by atoms with Gasteiger partial charge in [0.1, 0.15) is 0 Å². The molecule has 6 unspecified atom stereocenters. The summed E-state index contributed by atoms with van der Waals surface area (Å²) in [6.07, 6.45) is 16.6. The molecule has 0 aromatic carbocycles. The van der Waals surface area contributed by atoms with Crippen molar-refractivity contribution in [2.45, 2.75) is 95.8 Å². The minimum atomic E-state index is 0.293. The van der Waals surface area contributed by atoms with Crippen molar-refractivity contribution in [1.29, 1.82) is 0 Å². The van der Waals surface area contributed by atoms with E-state index < -0.39 is 0 Å². The molecule has 4 aliphatic rings. The molecule has 2 aliphatic carbocycles. The van der Waals surface area contributed by atoms with Crippen molar-refractivity contribution in [2.75, 3.05) is 19.9 Å². The van der Waals surface area contributed by atoms with Crippen LogP contribution in [-0.4, -0.2) is 30.7 Å². The lowest BCUT2D eigenvalue weighted by atomic mass is 9.54. The maximum Gasteiger partial charge on any atom is 0.0462 e. The van der Waals surface area contributed by atoms with Gasteiger partial charge < -0.3 is 4.74 Å². The van der Waals surface area contributed by atoms with Crippen molar-refractivity contribution in [2.24, 2.45) is 29.1 Å². The molecule has 0 N–H and O–H groups in total. The van der Waals surface area contributed by atoms with Gasteiger partial charge in [0.15, 0.2) is 0 Å². The third-order valence-electron chi connectivity index (χ3n) is 9.47. The maximum absolute atomic E-state index is 5.35. The molecule has 0 radical (unpaired) electrons. The Morgan fingerprint density at radius 3 is 2.68 bits per heavy atom. The van der Waals surface area contributed by atoms with Gasteiger partial charge in [-0.2, -0.15) is 0 Å². The molecule has 2 saturated carbocycles. The standard InChI is InChI=1S/C23H41OP/c1-17-16-19-20-10-9-18(8-7-14-24-4)22(20,2)13-11-21(19)23(3)12-5-6-15-25(17)23/h17-21H,5-16H2,1-4H3/t17-,18?,19?,20?,21-,22?,23?,25?/m0/s1. The summed E-state index contributed by atoms with van der Waals surface area (Å²) in [7, 11) is 2.15. The third-order valence-corrected chi connectivity index (χ3v) is 13.4. The van der Waals surface area contributed by atoms with Crippen molar-refractivity contribution in [1.82, 2.24) is 0 Å². The van der Waals surface area contributed by atoms with Gasteiger partial charge in [0.05, 0.1) is 0 Å². The second kappa shape index (κ2) is 7.09. The molecule has 0 aromatic heterocycles. The Morgan fingerprint density at radius 1 is 1.04 bits per heavy atom. The molecular formula is C23H41OP. The summed E-state index contributed by atoms with van der Waals surface area (Å²) in [5.74, 6) is 4.15. The van der Waals surface area contributed by atoms with Gasteiger partial charge in [-0.3, -0.25) is 0 Å². The van der Waals surface area contributed by atoms with E-state index in [1.165, 1.54) is 44.9 Å². The van der Waals surface area contributed by atoms with Gasteiger partial charge in [0.2, 0.25) is 0 Å². The first-order chi connectivity index (χ1) is 12.0. The van der Waals surface area contributed by atoms with Crippen LogP contribution in [0, 0.1) is 29.1 Å². The molecule has 2 aliphatic heterocycles. The molecule has 0 amide bonds. The molecule has 0 bridgehead atoms. The number of hydrogen-bond donors (Lipinski definition) is 0. The van der Waals surface area contributed by atoms with E-state index in [-0.39, 0.29) is 0 Å². The molecule has 8 atom stereocenters. The fourth-order valence-electron chi connectivity index (χ4n) is 8.25. The molecule has 1 nitrogen and oxygen atoms in total. The van der Waals surface area contributed by atoms with Gasteiger partial charge in [0, 0.05) is 13.7 Å². The fraction of sp³-hybridized carbons (Fsp3) is 1.00. The lowest BCUT2D eigenvalue weighted by Gasteiger charge is -2.62. The minimum Gasteiger partial charge on any atom is -0.385 e. The highest BCUT2D eigenvalue weighted by Crippen LogP contribution is 2.73. The molecule has 25 heavy (non-hydrogen) atoms. The van der Waals surface area contributed by atoms with Gasteiger partial charge in [-0.1, -0.05) is 35.1 Å². The molecule has 0 spiro atoms. The second-order valence-corrected chi connectivity index (χ2v) is 13.7. The Bertz CT molecular complexity index is 479. The van der Waals surface area contributed by atoms with Gasteiger partial charge in [-0.15, -0.1) is 0 Å². The number of fused-ring (bicyclic) bond motifs is 5. The number of ether oxygens (including phenoxy) is 1. The predicted octanol–water partition coefficient (Wildman–Crippen LogP) is 6.69. The van der Waals surface area contributed by atoms with Crippen molar-refractivity contribution in [3.63, 3.8) is 0 Å². The van der Waals surface area contributed by atoms with Crippen LogP contribution in [0.25, 0.3) is 0 Å². The highest BCUT2D eigenvalue weighted by atomic mass is 31.1. The first kappa shape index (κ1) is 18.7. The van der Waals surface area contributed by atoms with Crippen LogP contribution < -0.4 is 0 Å². The second-order valence-electron chi connectivity index (χ2n) is 10.4. The van der Waals surface area contributed by atoms with Crippen LogP contribution in [0.3, 0.4) is 0 Å². The van der Waals surface area contributed by atoms with Gasteiger partial charge in [0.25, 0.3) is 0 Å². The van der Waals surface area contributed by atoms with Crippen LogP contribution in [0.2, 0.25) is 0 Å². The van der Waals surface area contributed by atoms with Crippen LogP contribution in [-0.2, 0) is 4.74 Å². The van der Waals surface area contributed by atoms with Crippen LogP contribution in [0.1, 0.15) is 85.0 Å². The van der Waals surface area contributed by atoms with E-state index in [0.717, 1.165) is 41.1 Å². The van der Waals surface area contributed by atoms with Gasteiger partial charge in [-0.05, 0) is 104 Å². The summed E-state index contributed by atoms with van der Waals surface area (Å²) < 4.78 is 5.35. The Hall–Kier alpha value is 0.390.